The minimum atomic E-state index is 0.240. The Morgan fingerprint density at radius 3 is 2.58 bits per heavy atom. The van der Waals surface area contributed by atoms with Crippen molar-refractivity contribution in [3.8, 4) is 11.3 Å². The molecule has 3 aromatic rings. The molecule has 1 aromatic heterocycles. The molecule has 3 heteroatoms. The first kappa shape index (κ1) is 22.2. The van der Waals surface area contributed by atoms with Gasteiger partial charge in [-0.05, 0) is 53.3 Å². The van der Waals surface area contributed by atoms with Gasteiger partial charge in [0.2, 0.25) is 0 Å². The highest BCUT2D eigenvalue weighted by Gasteiger charge is 2.48. The van der Waals surface area contributed by atoms with Gasteiger partial charge in [-0.1, -0.05) is 103 Å². The monoisotopic (exact) mass is 508 g/mol. The maximum atomic E-state index is 5.38. The number of benzene rings is 2. The van der Waals surface area contributed by atoms with E-state index < -0.39 is 0 Å². The van der Waals surface area contributed by atoms with E-state index in [2.05, 4.69) is 126 Å². The standard InChI is InChI=1S/C35H28N2S/c1-3-11-23(12-4-1)25-21-30(24-13-5-2-6-14-24)36-33(22-25)37-31-17-9-7-15-26(31)28-19-20-29-27-16-8-10-18-32(27)38-35(29)34(28)37/h1-3,5-11,13-22,26,29,31,35H,4,12H2. The molecular formula is C35H28N2S. The largest absolute Gasteiger partial charge is 0.321 e. The summed E-state index contributed by atoms with van der Waals surface area (Å²) in [7, 11) is 0. The predicted molar refractivity (Wildman–Crippen MR) is 159 cm³/mol. The molecule has 0 saturated heterocycles. The maximum Gasteiger partial charge on any atom is 0.134 e. The van der Waals surface area contributed by atoms with Gasteiger partial charge in [-0.25, -0.2) is 4.98 Å². The Balaban J connectivity index is 1.31. The van der Waals surface area contributed by atoms with E-state index in [9.17, 15) is 0 Å². The Morgan fingerprint density at radius 1 is 0.816 bits per heavy atom. The first-order chi connectivity index (χ1) is 18.8. The van der Waals surface area contributed by atoms with Crippen LogP contribution in [0.2, 0.25) is 0 Å². The summed E-state index contributed by atoms with van der Waals surface area (Å²) in [5.74, 6) is 1.80. The van der Waals surface area contributed by atoms with E-state index in [1.54, 1.807) is 0 Å². The molecule has 2 aromatic carbocycles. The molecule has 184 valence electrons. The van der Waals surface area contributed by atoms with Crippen molar-refractivity contribution in [2.75, 3.05) is 4.90 Å². The zero-order chi connectivity index (χ0) is 25.1. The van der Waals surface area contributed by atoms with Crippen LogP contribution in [-0.4, -0.2) is 16.3 Å². The van der Waals surface area contributed by atoms with Gasteiger partial charge in [0.15, 0.2) is 0 Å². The summed E-state index contributed by atoms with van der Waals surface area (Å²) in [6, 6.07) is 24.5. The predicted octanol–water partition coefficient (Wildman–Crippen LogP) is 8.49. The molecule has 4 unspecified atom stereocenters. The zero-order valence-electron chi connectivity index (χ0n) is 21.1. The highest BCUT2D eigenvalue weighted by molar-refractivity contribution is 8.00. The number of anilines is 1. The molecule has 0 bridgehead atoms. The number of nitrogens with zero attached hydrogens (tertiary/aromatic N) is 2. The fourth-order valence-corrected chi connectivity index (χ4v) is 8.19. The molecule has 8 rings (SSSR count). The van der Waals surface area contributed by atoms with E-state index in [1.165, 1.54) is 32.9 Å². The van der Waals surface area contributed by atoms with Crippen LogP contribution in [0.1, 0.15) is 29.9 Å². The molecule has 4 atom stereocenters. The first-order valence-electron chi connectivity index (χ1n) is 13.6. The average Bonchev–Trinajstić information content (AvgIpc) is 3.54. The van der Waals surface area contributed by atoms with Crippen molar-refractivity contribution >= 4 is 23.2 Å². The van der Waals surface area contributed by atoms with Crippen molar-refractivity contribution in [1.29, 1.82) is 0 Å². The molecule has 0 radical (unpaired) electrons. The lowest BCUT2D eigenvalue weighted by Gasteiger charge is -2.34. The SMILES string of the molecule is C1=CCCC(c2cc(-c3ccccc3)nc(N3C4=C(C=CC5c6ccccc6SC45)C4C=CC=CC43)c2)=C1. The quantitative estimate of drug-likeness (QED) is 0.353. The molecule has 3 aliphatic carbocycles. The number of thioether (sulfide) groups is 1. The van der Waals surface area contributed by atoms with Crippen molar-refractivity contribution in [2.45, 2.75) is 34.9 Å². The van der Waals surface area contributed by atoms with Crippen LogP contribution in [0.25, 0.3) is 16.8 Å². The molecule has 2 nitrogen and oxygen atoms in total. The van der Waals surface area contributed by atoms with E-state index in [4.69, 9.17) is 4.98 Å². The summed E-state index contributed by atoms with van der Waals surface area (Å²) in [5, 5.41) is 0.363. The van der Waals surface area contributed by atoms with Crippen molar-refractivity contribution < 1.29 is 0 Å². The molecule has 2 aliphatic heterocycles. The van der Waals surface area contributed by atoms with Gasteiger partial charge in [-0.2, -0.15) is 0 Å². The van der Waals surface area contributed by atoms with Crippen LogP contribution < -0.4 is 4.90 Å². The summed E-state index contributed by atoms with van der Waals surface area (Å²) in [5.41, 5.74) is 9.22. The van der Waals surface area contributed by atoms with Crippen molar-refractivity contribution in [1.82, 2.24) is 4.98 Å². The van der Waals surface area contributed by atoms with Crippen LogP contribution in [0.3, 0.4) is 0 Å². The minimum Gasteiger partial charge on any atom is -0.321 e. The Hall–Kier alpha value is -3.82. The molecule has 0 spiro atoms. The summed E-state index contributed by atoms with van der Waals surface area (Å²) < 4.78 is 0. The summed E-state index contributed by atoms with van der Waals surface area (Å²) in [4.78, 5) is 9.37. The summed E-state index contributed by atoms with van der Waals surface area (Å²) in [6.07, 6.45) is 22.9. The molecule has 0 fully saturated rings. The van der Waals surface area contributed by atoms with E-state index in [0.717, 1.165) is 29.9 Å². The van der Waals surface area contributed by atoms with Gasteiger partial charge in [0.1, 0.15) is 5.82 Å². The smallest absolute Gasteiger partial charge is 0.134 e. The number of hydrogen-bond donors (Lipinski definition) is 0. The fourth-order valence-electron chi connectivity index (χ4n) is 6.67. The summed E-state index contributed by atoms with van der Waals surface area (Å²) >= 11 is 2.03. The third-order valence-corrected chi connectivity index (χ3v) is 9.84. The first-order valence-corrected chi connectivity index (χ1v) is 14.5. The van der Waals surface area contributed by atoms with E-state index in [0.29, 0.717) is 17.1 Å². The highest BCUT2D eigenvalue weighted by Crippen LogP contribution is 2.56. The Bertz CT molecular complexity index is 1620. The van der Waals surface area contributed by atoms with Crippen LogP contribution in [0.5, 0.6) is 0 Å². The van der Waals surface area contributed by atoms with Gasteiger partial charge in [0.05, 0.1) is 17.0 Å². The van der Waals surface area contributed by atoms with Gasteiger partial charge in [0.25, 0.3) is 0 Å². The number of rotatable bonds is 3. The molecular weight excluding hydrogens is 480 g/mol. The number of pyridine rings is 1. The van der Waals surface area contributed by atoms with Crippen LogP contribution in [0.4, 0.5) is 5.82 Å². The zero-order valence-corrected chi connectivity index (χ0v) is 21.9. The lowest BCUT2D eigenvalue weighted by molar-refractivity contribution is 0.675. The fraction of sp³-hybridized carbons (Fsp3) is 0.171. The van der Waals surface area contributed by atoms with Crippen LogP contribution in [0, 0.1) is 5.92 Å². The van der Waals surface area contributed by atoms with E-state index in [1.807, 2.05) is 11.8 Å². The Kier molecular flexibility index (Phi) is 5.19. The van der Waals surface area contributed by atoms with Gasteiger partial charge >= 0.3 is 0 Å². The number of fused-ring (bicyclic) bond motifs is 6. The van der Waals surface area contributed by atoms with E-state index in [-0.39, 0.29) is 6.04 Å². The van der Waals surface area contributed by atoms with Crippen LogP contribution in [0.15, 0.2) is 138 Å². The lowest BCUT2D eigenvalue weighted by atomic mass is 9.84. The number of hydrogen-bond acceptors (Lipinski definition) is 3. The average molecular weight is 509 g/mol. The second-order valence-electron chi connectivity index (χ2n) is 10.6. The highest BCUT2D eigenvalue weighted by atomic mass is 32.2. The molecule has 3 heterocycles. The van der Waals surface area contributed by atoms with E-state index >= 15 is 0 Å². The van der Waals surface area contributed by atoms with Crippen molar-refractivity contribution in [3.05, 3.63) is 144 Å². The van der Waals surface area contributed by atoms with Gasteiger partial charge in [0, 0.05) is 28.0 Å². The topological polar surface area (TPSA) is 16.1 Å². The molecule has 0 amide bonds. The Morgan fingerprint density at radius 2 is 1.68 bits per heavy atom. The normalized spacial score (nSPS) is 26.2. The number of aromatic nitrogens is 1. The number of allylic oxidation sites excluding steroid dienone is 8. The second-order valence-corrected chi connectivity index (χ2v) is 11.8. The van der Waals surface area contributed by atoms with Gasteiger partial charge in [-0.3, -0.25) is 0 Å². The van der Waals surface area contributed by atoms with Crippen molar-refractivity contribution in [3.63, 3.8) is 0 Å². The molecule has 0 N–H and O–H groups in total. The molecule has 0 saturated carbocycles. The van der Waals surface area contributed by atoms with Gasteiger partial charge < -0.3 is 4.90 Å². The van der Waals surface area contributed by atoms with Crippen molar-refractivity contribution in [2.24, 2.45) is 5.92 Å². The third-order valence-electron chi connectivity index (χ3n) is 8.44. The van der Waals surface area contributed by atoms with Gasteiger partial charge in [-0.15, -0.1) is 11.8 Å². The maximum absolute atomic E-state index is 5.38. The lowest BCUT2D eigenvalue weighted by Crippen LogP contribution is -2.36. The molecule has 5 aliphatic rings. The van der Waals surface area contributed by atoms with Crippen LogP contribution in [-0.2, 0) is 0 Å². The summed E-state index contributed by atoms with van der Waals surface area (Å²) in [6.45, 7) is 0. The Labute approximate surface area is 228 Å². The second kappa shape index (κ2) is 8.89. The van der Waals surface area contributed by atoms with Crippen LogP contribution >= 0.6 is 11.8 Å². The minimum absolute atomic E-state index is 0.240. The third kappa shape index (κ3) is 3.45. The molecule has 38 heavy (non-hydrogen) atoms.